The average Bonchev–Trinajstić information content (AvgIpc) is 2.11. The molecular formula is C12H18FNO. The van der Waals surface area contributed by atoms with E-state index in [1.54, 1.807) is 25.1 Å². The molecule has 0 bridgehead atoms. The lowest BCUT2D eigenvalue weighted by molar-refractivity contribution is 0.194. The van der Waals surface area contributed by atoms with E-state index in [0.717, 1.165) is 0 Å². The van der Waals surface area contributed by atoms with Gasteiger partial charge < -0.3 is 10.5 Å². The van der Waals surface area contributed by atoms with Crippen LogP contribution in [0.25, 0.3) is 0 Å². The minimum atomic E-state index is -0.283. The maximum absolute atomic E-state index is 13.5. The molecule has 0 saturated heterocycles. The van der Waals surface area contributed by atoms with E-state index in [-0.39, 0.29) is 18.0 Å². The number of hydrogen-bond acceptors (Lipinski definition) is 2. The summed E-state index contributed by atoms with van der Waals surface area (Å²) in [6.07, 6.45) is 0.647. The number of benzene rings is 1. The minimum absolute atomic E-state index is 0.0628. The smallest absolute Gasteiger partial charge is 0.167 e. The number of nitrogens with two attached hydrogens (primary N) is 1. The maximum Gasteiger partial charge on any atom is 0.167 e. The number of ether oxygens (including phenoxy) is 1. The monoisotopic (exact) mass is 211 g/mol. The predicted molar refractivity (Wildman–Crippen MR) is 59.5 cm³/mol. The highest BCUT2D eigenvalue weighted by Gasteiger charge is 2.11. The maximum atomic E-state index is 13.5. The zero-order chi connectivity index (χ0) is 11.4. The Morgan fingerprint density at radius 3 is 2.67 bits per heavy atom. The average molecular weight is 211 g/mol. The van der Waals surface area contributed by atoms with Crippen LogP contribution in [0.4, 0.5) is 4.39 Å². The first-order chi connectivity index (χ1) is 7.00. The lowest BCUT2D eigenvalue weighted by atomic mass is 10.1. The van der Waals surface area contributed by atoms with E-state index >= 15 is 0 Å². The lowest BCUT2D eigenvalue weighted by Gasteiger charge is -2.17. The van der Waals surface area contributed by atoms with E-state index in [0.29, 0.717) is 17.7 Å². The van der Waals surface area contributed by atoms with Gasteiger partial charge in [-0.25, -0.2) is 4.39 Å². The normalized spacial score (nSPS) is 14.7. The summed E-state index contributed by atoms with van der Waals surface area (Å²) >= 11 is 0. The van der Waals surface area contributed by atoms with Crippen LogP contribution >= 0.6 is 0 Å². The van der Waals surface area contributed by atoms with Crippen molar-refractivity contribution >= 4 is 0 Å². The van der Waals surface area contributed by atoms with Gasteiger partial charge in [-0.2, -0.15) is 0 Å². The first kappa shape index (κ1) is 12.0. The van der Waals surface area contributed by atoms with Crippen molar-refractivity contribution in [2.45, 2.75) is 39.3 Å². The molecule has 3 heteroatoms. The summed E-state index contributed by atoms with van der Waals surface area (Å²) in [5, 5.41) is 0. The molecule has 84 valence electrons. The highest BCUT2D eigenvalue weighted by Crippen LogP contribution is 2.21. The third-order valence-corrected chi connectivity index (χ3v) is 2.19. The van der Waals surface area contributed by atoms with Crippen molar-refractivity contribution in [3.8, 4) is 5.75 Å². The molecule has 1 rings (SSSR count). The topological polar surface area (TPSA) is 35.2 Å². The second-order valence-corrected chi connectivity index (χ2v) is 4.03. The van der Waals surface area contributed by atoms with Gasteiger partial charge >= 0.3 is 0 Å². The third-order valence-electron chi connectivity index (χ3n) is 2.19. The Labute approximate surface area is 90.2 Å². The van der Waals surface area contributed by atoms with E-state index in [4.69, 9.17) is 10.5 Å². The Bertz CT molecular complexity index is 325. The van der Waals surface area contributed by atoms with Gasteiger partial charge in [0, 0.05) is 6.04 Å². The summed E-state index contributed by atoms with van der Waals surface area (Å²) in [5.41, 5.74) is 6.24. The Morgan fingerprint density at radius 2 is 2.07 bits per heavy atom. The van der Waals surface area contributed by atoms with Gasteiger partial charge in [-0.3, -0.25) is 0 Å². The summed E-state index contributed by atoms with van der Waals surface area (Å²) < 4.78 is 19.0. The van der Waals surface area contributed by atoms with Crippen LogP contribution in [0.5, 0.6) is 5.75 Å². The van der Waals surface area contributed by atoms with Crippen LogP contribution in [0, 0.1) is 12.7 Å². The predicted octanol–water partition coefficient (Wildman–Crippen LogP) is 2.64. The standard InChI is InChI=1S/C12H18FNO/c1-8-5-4-6-11(12(8)13)15-10(3)7-9(2)14/h4-6,9-10H,7,14H2,1-3H3. The molecule has 1 aromatic carbocycles. The molecule has 0 fully saturated rings. The minimum Gasteiger partial charge on any atom is -0.488 e. The highest BCUT2D eigenvalue weighted by atomic mass is 19.1. The molecule has 2 atom stereocenters. The zero-order valence-corrected chi connectivity index (χ0v) is 9.46. The number of aryl methyl sites for hydroxylation is 1. The van der Waals surface area contributed by atoms with Crippen molar-refractivity contribution in [1.29, 1.82) is 0 Å². The summed E-state index contributed by atoms with van der Waals surface area (Å²) in [4.78, 5) is 0. The summed E-state index contributed by atoms with van der Waals surface area (Å²) in [7, 11) is 0. The van der Waals surface area contributed by atoms with Crippen molar-refractivity contribution in [3.63, 3.8) is 0 Å². The third kappa shape index (κ3) is 3.51. The quantitative estimate of drug-likeness (QED) is 0.831. The fourth-order valence-electron chi connectivity index (χ4n) is 1.50. The van der Waals surface area contributed by atoms with E-state index in [1.807, 2.05) is 13.8 Å². The number of halogens is 1. The molecule has 2 unspecified atom stereocenters. The van der Waals surface area contributed by atoms with Crippen LogP contribution in [0.2, 0.25) is 0 Å². The molecule has 0 heterocycles. The fraction of sp³-hybridized carbons (Fsp3) is 0.500. The van der Waals surface area contributed by atoms with Crippen molar-refractivity contribution in [2.75, 3.05) is 0 Å². The zero-order valence-electron chi connectivity index (χ0n) is 9.46. The second kappa shape index (κ2) is 5.12. The van der Waals surface area contributed by atoms with Crippen LogP contribution in [0.1, 0.15) is 25.8 Å². The SMILES string of the molecule is Cc1cccc(OC(C)CC(C)N)c1F. The Kier molecular flexibility index (Phi) is 4.09. The summed E-state index contributed by atoms with van der Waals surface area (Å²) in [5.74, 6) is 0.0252. The first-order valence-corrected chi connectivity index (χ1v) is 5.18. The van der Waals surface area contributed by atoms with E-state index in [9.17, 15) is 4.39 Å². The molecule has 0 aliphatic heterocycles. The van der Waals surface area contributed by atoms with Crippen LogP contribution in [0.15, 0.2) is 18.2 Å². The van der Waals surface area contributed by atoms with Crippen molar-refractivity contribution < 1.29 is 9.13 Å². The van der Waals surface area contributed by atoms with Crippen LogP contribution in [-0.4, -0.2) is 12.1 Å². The van der Waals surface area contributed by atoms with Crippen LogP contribution in [0.3, 0.4) is 0 Å². The summed E-state index contributed by atoms with van der Waals surface area (Å²) in [6, 6.07) is 5.21. The molecule has 0 aromatic heterocycles. The molecule has 0 aliphatic carbocycles. The molecule has 15 heavy (non-hydrogen) atoms. The summed E-state index contributed by atoms with van der Waals surface area (Å²) in [6.45, 7) is 5.52. The molecule has 0 spiro atoms. The number of hydrogen-bond donors (Lipinski definition) is 1. The Balaban J connectivity index is 2.68. The van der Waals surface area contributed by atoms with Gasteiger partial charge in [0.25, 0.3) is 0 Å². The first-order valence-electron chi connectivity index (χ1n) is 5.18. The van der Waals surface area contributed by atoms with Gasteiger partial charge in [-0.1, -0.05) is 12.1 Å². The van der Waals surface area contributed by atoms with Gasteiger partial charge in [0.1, 0.15) is 0 Å². The van der Waals surface area contributed by atoms with Crippen molar-refractivity contribution in [2.24, 2.45) is 5.73 Å². The molecule has 2 nitrogen and oxygen atoms in total. The second-order valence-electron chi connectivity index (χ2n) is 4.03. The number of rotatable bonds is 4. The van der Waals surface area contributed by atoms with E-state index in [1.165, 1.54) is 0 Å². The van der Waals surface area contributed by atoms with Gasteiger partial charge in [0.2, 0.25) is 0 Å². The fourth-order valence-corrected chi connectivity index (χ4v) is 1.50. The largest absolute Gasteiger partial charge is 0.488 e. The Hall–Kier alpha value is -1.09. The van der Waals surface area contributed by atoms with Gasteiger partial charge in [0.05, 0.1) is 6.10 Å². The molecule has 0 radical (unpaired) electrons. The molecule has 0 amide bonds. The molecule has 1 aromatic rings. The van der Waals surface area contributed by atoms with Crippen molar-refractivity contribution in [3.05, 3.63) is 29.6 Å². The van der Waals surface area contributed by atoms with Crippen LogP contribution in [-0.2, 0) is 0 Å². The molecule has 0 saturated carbocycles. The van der Waals surface area contributed by atoms with E-state index < -0.39 is 0 Å². The lowest BCUT2D eigenvalue weighted by Crippen LogP contribution is -2.24. The van der Waals surface area contributed by atoms with Gasteiger partial charge in [-0.15, -0.1) is 0 Å². The highest BCUT2D eigenvalue weighted by molar-refractivity contribution is 5.30. The molecule has 2 N–H and O–H groups in total. The van der Waals surface area contributed by atoms with Crippen molar-refractivity contribution in [1.82, 2.24) is 0 Å². The van der Waals surface area contributed by atoms with E-state index in [2.05, 4.69) is 0 Å². The van der Waals surface area contributed by atoms with Gasteiger partial charge in [0.15, 0.2) is 11.6 Å². The van der Waals surface area contributed by atoms with Crippen LogP contribution < -0.4 is 10.5 Å². The molecule has 0 aliphatic rings. The molecular weight excluding hydrogens is 193 g/mol. The van der Waals surface area contributed by atoms with Gasteiger partial charge in [-0.05, 0) is 38.8 Å². The Morgan fingerprint density at radius 1 is 1.40 bits per heavy atom.